The first-order chi connectivity index (χ1) is 22.6. The van der Waals surface area contributed by atoms with Gasteiger partial charge in [0, 0.05) is 12.8 Å². The predicted molar refractivity (Wildman–Crippen MR) is 202 cm³/mol. The highest BCUT2D eigenvalue weighted by Crippen LogP contribution is 2.67. The molecule has 0 aliphatic heterocycles. The summed E-state index contributed by atoms with van der Waals surface area (Å²) < 4.78 is 6.11. The monoisotopic (exact) mass is 649 g/mol. The van der Waals surface area contributed by atoms with Gasteiger partial charge in [-0.3, -0.25) is 4.79 Å². The van der Waals surface area contributed by atoms with Crippen molar-refractivity contribution in [2.75, 3.05) is 0 Å². The number of hydrogen-bond donors (Lipinski definition) is 0. The van der Waals surface area contributed by atoms with Gasteiger partial charge in [-0.2, -0.15) is 0 Å². The summed E-state index contributed by atoms with van der Waals surface area (Å²) in [5.74, 6) is 5.45. The van der Waals surface area contributed by atoms with E-state index in [0.29, 0.717) is 29.1 Å². The van der Waals surface area contributed by atoms with Crippen molar-refractivity contribution in [1.82, 2.24) is 0 Å². The molecule has 268 valence electrons. The van der Waals surface area contributed by atoms with Gasteiger partial charge in [-0.05, 0) is 129 Å². The van der Waals surface area contributed by atoms with E-state index in [1.807, 2.05) is 0 Å². The molecule has 3 saturated carbocycles. The Hall–Kier alpha value is -1.31. The quantitative estimate of drug-likeness (QED) is 0.0791. The van der Waals surface area contributed by atoms with Gasteiger partial charge < -0.3 is 4.74 Å². The van der Waals surface area contributed by atoms with E-state index >= 15 is 0 Å². The molecule has 0 aromatic rings. The summed E-state index contributed by atoms with van der Waals surface area (Å²) >= 11 is 0. The number of esters is 1. The molecule has 0 saturated heterocycles. The lowest BCUT2D eigenvalue weighted by Crippen LogP contribution is -2.51. The number of allylic oxidation sites excluding steroid dienone is 5. The first-order valence-electron chi connectivity index (χ1n) is 20.8. The minimum absolute atomic E-state index is 0.0405. The second-order valence-electron chi connectivity index (χ2n) is 17.7. The van der Waals surface area contributed by atoms with Crippen molar-refractivity contribution in [1.29, 1.82) is 0 Å². The molecule has 2 nitrogen and oxygen atoms in total. The van der Waals surface area contributed by atoms with Crippen molar-refractivity contribution in [3.63, 3.8) is 0 Å². The van der Waals surface area contributed by atoms with Gasteiger partial charge >= 0.3 is 5.97 Å². The highest BCUT2D eigenvalue weighted by Gasteiger charge is 2.59. The standard InChI is InChI=1S/C45H76O2/c1-8-9-10-11-12-13-14-15-16-17-18-19-20-21-22-43(46)47-38-29-31-44(6)37(33-38)25-26-39-41-28-27-40(45(41,7)32-30-42(39)44)36(5)24-23-35(4)34(2)3/h16-17,23-25,34-36,38-42H,8-15,18-22,26-33H2,1-7H3/b17-16-,24-23+. The van der Waals surface area contributed by atoms with E-state index in [9.17, 15) is 4.79 Å². The number of carbonyl (C=O) groups is 1. The Morgan fingerprint density at radius 2 is 1.51 bits per heavy atom. The summed E-state index contributed by atoms with van der Waals surface area (Å²) in [6, 6.07) is 0. The number of ether oxygens (including phenoxy) is 1. The van der Waals surface area contributed by atoms with E-state index in [2.05, 4.69) is 78.8 Å². The Morgan fingerprint density at radius 1 is 0.830 bits per heavy atom. The topological polar surface area (TPSA) is 26.3 Å². The van der Waals surface area contributed by atoms with Crippen molar-refractivity contribution < 1.29 is 9.53 Å². The summed E-state index contributed by atoms with van der Waals surface area (Å²) in [5.41, 5.74) is 2.43. The molecule has 4 aliphatic carbocycles. The largest absolute Gasteiger partial charge is 0.462 e. The van der Waals surface area contributed by atoms with Crippen LogP contribution in [0.25, 0.3) is 0 Å². The molecule has 0 heterocycles. The van der Waals surface area contributed by atoms with Crippen LogP contribution in [0.2, 0.25) is 0 Å². The summed E-state index contributed by atoms with van der Waals surface area (Å²) in [7, 11) is 0. The SMILES string of the molecule is CCCCCCCCC/C=C\CCCCCC(=O)OC1CCC2(C)C(=CCC3C2CCC2(C)C(C(C)/C=C/C(C)C(C)C)CCC32)C1. The zero-order valence-electron chi connectivity index (χ0n) is 32.2. The van der Waals surface area contributed by atoms with Crippen LogP contribution in [0, 0.1) is 52.3 Å². The molecule has 47 heavy (non-hydrogen) atoms. The van der Waals surface area contributed by atoms with Gasteiger partial charge in [0.1, 0.15) is 6.10 Å². The highest BCUT2D eigenvalue weighted by molar-refractivity contribution is 5.69. The Kier molecular flexibility index (Phi) is 15.2. The molecule has 0 aromatic heterocycles. The maximum absolute atomic E-state index is 12.8. The molecule has 0 radical (unpaired) electrons. The van der Waals surface area contributed by atoms with E-state index < -0.39 is 0 Å². The Bertz CT molecular complexity index is 1030. The van der Waals surface area contributed by atoms with Crippen LogP contribution in [-0.4, -0.2) is 12.1 Å². The number of unbranched alkanes of at least 4 members (excludes halogenated alkanes) is 10. The van der Waals surface area contributed by atoms with Crippen LogP contribution < -0.4 is 0 Å². The third-order valence-electron chi connectivity index (χ3n) is 14.2. The second-order valence-corrected chi connectivity index (χ2v) is 17.7. The minimum Gasteiger partial charge on any atom is -0.462 e. The van der Waals surface area contributed by atoms with Crippen LogP contribution >= 0.6 is 0 Å². The number of rotatable bonds is 19. The van der Waals surface area contributed by atoms with E-state index in [1.165, 1.54) is 96.3 Å². The summed E-state index contributed by atoms with van der Waals surface area (Å²) in [6.45, 7) is 17.1. The van der Waals surface area contributed by atoms with E-state index in [4.69, 9.17) is 4.74 Å². The molecular formula is C45H76O2. The molecule has 9 unspecified atom stereocenters. The van der Waals surface area contributed by atoms with Crippen molar-refractivity contribution in [2.45, 2.75) is 189 Å². The van der Waals surface area contributed by atoms with Crippen LogP contribution in [0.15, 0.2) is 36.0 Å². The van der Waals surface area contributed by atoms with Gasteiger partial charge in [0.25, 0.3) is 0 Å². The second kappa shape index (κ2) is 18.6. The summed E-state index contributed by atoms with van der Waals surface area (Å²) in [6.07, 6.45) is 38.6. The van der Waals surface area contributed by atoms with Gasteiger partial charge in [0.15, 0.2) is 0 Å². The summed E-state index contributed by atoms with van der Waals surface area (Å²) in [4.78, 5) is 12.8. The van der Waals surface area contributed by atoms with E-state index in [-0.39, 0.29) is 12.1 Å². The minimum atomic E-state index is 0.0405. The van der Waals surface area contributed by atoms with Gasteiger partial charge in [0.05, 0.1) is 0 Å². The van der Waals surface area contributed by atoms with Crippen LogP contribution in [-0.2, 0) is 9.53 Å². The number of carbonyl (C=O) groups excluding carboxylic acids is 1. The maximum atomic E-state index is 12.8. The molecule has 2 heteroatoms. The normalized spacial score (nSPS) is 33.4. The zero-order chi connectivity index (χ0) is 33.9. The molecule has 0 amide bonds. The van der Waals surface area contributed by atoms with E-state index in [0.717, 1.165) is 61.7 Å². The molecule has 9 atom stereocenters. The lowest BCUT2D eigenvalue weighted by atomic mass is 9.47. The van der Waals surface area contributed by atoms with Gasteiger partial charge in [-0.25, -0.2) is 0 Å². The molecule has 4 rings (SSSR count). The number of hydrogen-bond acceptors (Lipinski definition) is 2. The van der Waals surface area contributed by atoms with Gasteiger partial charge in [-0.1, -0.05) is 129 Å². The average molecular weight is 649 g/mol. The van der Waals surface area contributed by atoms with Crippen LogP contribution in [0.4, 0.5) is 0 Å². The molecule has 0 aromatic carbocycles. The zero-order valence-corrected chi connectivity index (χ0v) is 32.2. The summed E-state index contributed by atoms with van der Waals surface area (Å²) in [5, 5.41) is 0. The molecule has 3 fully saturated rings. The number of fused-ring (bicyclic) bond motifs is 5. The maximum Gasteiger partial charge on any atom is 0.306 e. The third-order valence-corrected chi connectivity index (χ3v) is 14.2. The van der Waals surface area contributed by atoms with Gasteiger partial charge in [-0.15, -0.1) is 0 Å². The van der Waals surface area contributed by atoms with Crippen molar-refractivity contribution >= 4 is 5.97 Å². The van der Waals surface area contributed by atoms with Crippen LogP contribution in [0.1, 0.15) is 183 Å². The van der Waals surface area contributed by atoms with E-state index in [1.54, 1.807) is 5.57 Å². The fourth-order valence-electron chi connectivity index (χ4n) is 10.7. The van der Waals surface area contributed by atoms with Crippen molar-refractivity contribution in [3.8, 4) is 0 Å². The lowest BCUT2D eigenvalue weighted by Gasteiger charge is -2.58. The van der Waals surface area contributed by atoms with Crippen molar-refractivity contribution in [2.24, 2.45) is 52.3 Å². The first kappa shape index (κ1) is 38.5. The molecule has 0 N–H and O–H groups in total. The molecule has 0 bridgehead atoms. The first-order valence-corrected chi connectivity index (χ1v) is 20.8. The van der Waals surface area contributed by atoms with Crippen LogP contribution in [0.5, 0.6) is 0 Å². The predicted octanol–water partition coefficient (Wildman–Crippen LogP) is 13.6. The highest BCUT2D eigenvalue weighted by atomic mass is 16.5. The third kappa shape index (κ3) is 10.1. The Labute approximate surface area is 292 Å². The molecular weight excluding hydrogens is 572 g/mol. The fourth-order valence-corrected chi connectivity index (χ4v) is 10.7. The van der Waals surface area contributed by atoms with Crippen molar-refractivity contribution in [3.05, 3.63) is 36.0 Å². The smallest absolute Gasteiger partial charge is 0.306 e. The van der Waals surface area contributed by atoms with Gasteiger partial charge in [0.2, 0.25) is 0 Å². The molecule has 0 spiro atoms. The average Bonchev–Trinajstić information content (AvgIpc) is 3.41. The Balaban J connectivity index is 1.16. The molecule has 4 aliphatic rings. The van der Waals surface area contributed by atoms with Crippen LogP contribution in [0.3, 0.4) is 0 Å². The Morgan fingerprint density at radius 3 is 2.21 bits per heavy atom. The fraction of sp³-hybridized carbons (Fsp3) is 0.844. The lowest BCUT2D eigenvalue weighted by molar-refractivity contribution is -0.151.